The smallest absolute Gasteiger partial charge is 0.254 e. The zero-order valence-electron chi connectivity index (χ0n) is 15.7. The molecule has 0 atom stereocenters. The van der Waals surface area contributed by atoms with E-state index < -0.39 is 0 Å². The van der Waals surface area contributed by atoms with Crippen molar-refractivity contribution in [2.75, 3.05) is 6.79 Å². The zero-order chi connectivity index (χ0) is 20.5. The molecule has 1 aliphatic rings. The molecule has 0 unspecified atom stereocenters. The number of ether oxygens (including phenoxy) is 2. The van der Waals surface area contributed by atoms with Crippen molar-refractivity contribution in [2.45, 2.75) is 26.4 Å². The average Bonchev–Trinajstić information content (AvgIpc) is 3.35. The number of fused-ring (bicyclic) bond motifs is 1. The Hall–Kier alpha value is -2.77. The molecule has 0 radical (unpaired) electrons. The predicted molar refractivity (Wildman–Crippen MR) is 107 cm³/mol. The van der Waals surface area contributed by atoms with Crippen molar-refractivity contribution >= 4 is 29.1 Å². The van der Waals surface area contributed by atoms with Crippen LogP contribution in [0.2, 0.25) is 10.0 Å². The Labute approximate surface area is 177 Å². The molecule has 0 aliphatic carbocycles. The van der Waals surface area contributed by atoms with Crippen LogP contribution in [0.3, 0.4) is 0 Å². The summed E-state index contributed by atoms with van der Waals surface area (Å²) in [7, 11) is 0. The average molecular weight is 434 g/mol. The molecule has 0 spiro atoms. The fraction of sp³-hybridized carbons (Fsp3) is 0.250. The maximum Gasteiger partial charge on any atom is 0.254 e. The van der Waals surface area contributed by atoms with Crippen LogP contribution in [0.15, 0.2) is 40.8 Å². The highest BCUT2D eigenvalue weighted by molar-refractivity contribution is 6.33. The van der Waals surface area contributed by atoms with Crippen molar-refractivity contribution in [3.8, 4) is 23.0 Å². The highest BCUT2D eigenvalue weighted by Crippen LogP contribution is 2.40. The number of hydrogen-bond donors (Lipinski definition) is 0. The maximum atomic E-state index is 13.1. The van der Waals surface area contributed by atoms with E-state index >= 15 is 0 Å². The van der Waals surface area contributed by atoms with E-state index in [2.05, 4.69) is 10.2 Å². The molecule has 1 aromatic heterocycles. The lowest BCUT2D eigenvalue weighted by atomic mass is 10.1. The van der Waals surface area contributed by atoms with Gasteiger partial charge in [0.1, 0.15) is 0 Å². The molecule has 7 nitrogen and oxygen atoms in total. The van der Waals surface area contributed by atoms with Crippen molar-refractivity contribution in [3.05, 3.63) is 57.9 Å². The number of aromatic nitrogens is 2. The van der Waals surface area contributed by atoms with E-state index in [1.807, 2.05) is 26.0 Å². The third kappa shape index (κ3) is 3.88. The zero-order valence-corrected chi connectivity index (χ0v) is 17.2. The van der Waals surface area contributed by atoms with Crippen molar-refractivity contribution in [1.82, 2.24) is 15.1 Å². The Bertz CT molecular complexity index is 1070. The molecule has 0 bridgehead atoms. The largest absolute Gasteiger partial charge is 0.454 e. The van der Waals surface area contributed by atoms with Gasteiger partial charge in [-0.2, -0.15) is 0 Å². The summed E-state index contributed by atoms with van der Waals surface area (Å²) in [6, 6.07) is 10.2. The molecule has 2 heterocycles. The molecule has 3 aromatic rings. The van der Waals surface area contributed by atoms with E-state index in [-0.39, 0.29) is 25.3 Å². The minimum atomic E-state index is -0.238. The second-order valence-electron chi connectivity index (χ2n) is 6.70. The number of rotatable bonds is 5. The van der Waals surface area contributed by atoms with E-state index in [4.69, 9.17) is 37.1 Å². The lowest BCUT2D eigenvalue weighted by molar-refractivity contribution is 0.0672. The molecule has 29 heavy (non-hydrogen) atoms. The van der Waals surface area contributed by atoms with Gasteiger partial charge in [-0.3, -0.25) is 4.79 Å². The first-order chi connectivity index (χ1) is 13.9. The minimum absolute atomic E-state index is 0.0768. The number of carbonyl (C=O) groups is 1. The maximum absolute atomic E-state index is 13.1. The fourth-order valence-electron chi connectivity index (χ4n) is 2.95. The summed E-state index contributed by atoms with van der Waals surface area (Å²) >= 11 is 12.4. The van der Waals surface area contributed by atoms with Crippen LogP contribution in [0.4, 0.5) is 0 Å². The quantitative estimate of drug-likeness (QED) is 0.573. The van der Waals surface area contributed by atoms with Gasteiger partial charge in [0, 0.05) is 11.6 Å². The molecule has 1 aliphatic heterocycles. The van der Waals surface area contributed by atoms with Gasteiger partial charge in [-0.25, -0.2) is 0 Å². The Balaban J connectivity index is 1.59. The summed E-state index contributed by atoms with van der Waals surface area (Å²) in [6.45, 7) is 4.02. The normalized spacial score (nSPS) is 12.4. The van der Waals surface area contributed by atoms with E-state index in [1.54, 1.807) is 29.2 Å². The van der Waals surface area contributed by atoms with Gasteiger partial charge in [0.05, 0.1) is 22.2 Å². The molecule has 4 rings (SSSR count). The van der Waals surface area contributed by atoms with Crippen molar-refractivity contribution in [3.63, 3.8) is 0 Å². The molecular formula is C20H17Cl2N3O4. The Morgan fingerprint density at radius 2 is 1.93 bits per heavy atom. The number of halogens is 2. The summed E-state index contributed by atoms with van der Waals surface area (Å²) in [5.74, 6) is 1.25. The van der Waals surface area contributed by atoms with Gasteiger partial charge in [0.25, 0.3) is 5.91 Å². The first-order valence-electron chi connectivity index (χ1n) is 8.91. The number of benzene rings is 2. The molecule has 150 valence electrons. The summed E-state index contributed by atoms with van der Waals surface area (Å²) in [6.07, 6.45) is 0. The monoisotopic (exact) mass is 433 g/mol. The van der Waals surface area contributed by atoms with Crippen molar-refractivity contribution < 1.29 is 18.7 Å². The van der Waals surface area contributed by atoms with E-state index in [9.17, 15) is 4.79 Å². The molecule has 9 heteroatoms. The molecule has 0 fully saturated rings. The molecule has 1 amide bonds. The van der Waals surface area contributed by atoms with Crippen LogP contribution in [-0.4, -0.2) is 33.8 Å². The second kappa shape index (κ2) is 7.93. The van der Waals surface area contributed by atoms with Crippen LogP contribution in [0, 0.1) is 0 Å². The molecule has 0 saturated heterocycles. The van der Waals surface area contributed by atoms with Crippen molar-refractivity contribution in [2.24, 2.45) is 0 Å². The first kappa shape index (κ1) is 19.5. The number of nitrogens with zero attached hydrogens (tertiary/aromatic N) is 3. The number of carbonyl (C=O) groups excluding carboxylic acids is 1. The summed E-state index contributed by atoms with van der Waals surface area (Å²) < 4.78 is 16.4. The van der Waals surface area contributed by atoms with Crippen LogP contribution in [0.5, 0.6) is 11.5 Å². The molecule has 0 saturated carbocycles. The third-order valence-electron chi connectivity index (χ3n) is 4.44. The van der Waals surface area contributed by atoms with Gasteiger partial charge in [-0.05, 0) is 38.1 Å². The standard InChI is InChI=1S/C20H17Cl2N3O4/c1-11(2)25(20(26)12-7-15(22)18-16(8-12)27-10-28-18)9-17-23-24-19(29-17)13-5-3-4-6-14(13)21/h3-8,11H,9-10H2,1-2H3. The Morgan fingerprint density at radius 3 is 2.69 bits per heavy atom. The van der Waals surface area contributed by atoms with Crippen LogP contribution in [0.1, 0.15) is 30.1 Å². The molecule has 0 N–H and O–H groups in total. The van der Waals surface area contributed by atoms with Crippen LogP contribution in [-0.2, 0) is 6.54 Å². The SMILES string of the molecule is CC(C)N(Cc1nnc(-c2ccccc2Cl)o1)C(=O)c1cc(Cl)c2c(c1)OCO2. The van der Waals surface area contributed by atoms with E-state index in [1.165, 1.54) is 0 Å². The first-order valence-corrected chi connectivity index (χ1v) is 9.67. The summed E-state index contributed by atoms with van der Waals surface area (Å²) in [5.41, 5.74) is 1.02. The molecular weight excluding hydrogens is 417 g/mol. The summed E-state index contributed by atoms with van der Waals surface area (Å²) in [5, 5.41) is 8.96. The summed E-state index contributed by atoms with van der Waals surface area (Å²) in [4.78, 5) is 14.7. The lowest BCUT2D eigenvalue weighted by Gasteiger charge is -2.25. The number of amides is 1. The lowest BCUT2D eigenvalue weighted by Crippen LogP contribution is -2.36. The van der Waals surface area contributed by atoms with Crippen molar-refractivity contribution in [1.29, 1.82) is 0 Å². The van der Waals surface area contributed by atoms with Crippen LogP contribution in [0.25, 0.3) is 11.5 Å². The van der Waals surface area contributed by atoms with Crippen LogP contribution < -0.4 is 9.47 Å². The minimum Gasteiger partial charge on any atom is -0.454 e. The van der Waals surface area contributed by atoms with Gasteiger partial charge in [-0.1, -0.05) is 35.3 Å². The Kier molecular flexibility index (Phi) is 5.34. The highest BCUT2D eigenvalue weighted by Gasteiger charge is 2.26. The second-order valence-corrected chi connectivity index (χ2v) is 7.51. The Morgan fingerprint density at radius 1 is 1.14 bits per heavy atom. The van der Waals surface area contributed by atoms with Gasteiger partial charge in [0.2, 0.25) is 18.6 Å². The fourth-order valence-corrected chi connectivity index (χ4v) is 3.43. The van der Waals surface area contributed by atoms with Gasteiger partial charge in [0.15, 0.2) is 11.5 Å². The van der Waals surface area contributed by atoms with Gasteiger partial charge in [-0.15, -0.1) is 10.2 Å². The molecule has 2 aromatic carbocycles. The third-order valence-corrected chi connectivity index (χ3v) is 5.05. The van der Waals surface area contributed by atoms with Gasteiger partial charge < -0.3 is 18.8 Å². The van der Waals surface area contributed by atoms with E-state index in [0.29, 0.717) is 44.5 Å². The predicted octanol–water partition coefficient (Wildman–Crippen LogP) is 4.82. The topological polar surface area (TPSA) is 77.7 Å². The van der Waals surface area contributed by atoms with Crippen LogP contribution >= 0.6 is 23.2 Å². The highest BCUT2D eigenvalue weighted by atomic mass is 35.5. The van der Waals surface area contributed by atoms with Gasteiger partial charge >= 0.3 is 0 Å². The number of hydrogen-bond acceptors (Lipinski definition) is 6. The van der Waals surface area contributed by atoms with E-state index in [0.717, 1.165) is 0 Å².